The summed E-state index contributed by atoms with van der Waals surface area (Å²) >= 11 is 0. The molecule has 1 fully saturated rings. The Morgan fingerprint density at radius 2 is 1.67 bits per heavy atom. The van der Waals surface area contributed by atoms with Crippen LogP contribution in [-0.4, -0.2) is 49.3 Å². The van der Waals surface area contributed by atoms with E-state index in [1.807, 2.05) is 0 Å². The second-order valence-corrected chi connectivity index (χ2v) is 5.73. The minimum Gasteiger partial charge on any atom is -0.385 e. The van der Waals surface area contributed by atoms with E-state index in [1.54, 1.807) is 7.11 Å². The Labute approximate surface area is 94.2 Å². The van der Waals surface area contributed by atoms with Crippen LogP contribution in [-0.2, 0) is 4.74 Å². The van der Waals surface area contributed by atoms with Gasteiger partial charge in [0.25, 0.3) is 0 Å². The summed E-state index contributed by atoms with van der Waals surface area (Å²) in [7, 11) is 1.77. The standard InChI is InChI=1S/C12H26N2O/c1-11(2)9-13-10-12(3,4)14(11)7-6-8-15-5/h13H,6-10H2,1-5H3. The van der Waals surface area contributed by atoms with E-state index in [2.05, 4.69) is 37.9 Å². The van der Waals surface area contributed by atoms with Gasteiger partial charge < -0.3 is 10.1 Å². The molecule has 0 spiro atoms. The highest BCUT2D eigenvalue weighted by molar-refractivity contribution is 4.99. The molecule has 0 aromatic rings. The fourth-order valence-electron chi connectivity index (χ4n) is 2.66. The van der Waals surface area contributed by atoms with Gasteiger partial charge in [0, 0.05) is 44.4 Å². The minimum absolute atomic E-state index is 0.246. The van der Waals surface area contributed by atoms with Gasteiger partial charge in [-0.05, 0) is 34.1 Å². The van der Waals surface area contributed by atoms with Crippen LogP contribution in [0.3, 0.4) is 0 Å². The molecule has 0 amide bonds. The van der Waals surface area contributed by atoms with Crippen molar-refractivity contribution in [2.45, 2.75) is 45.2 Å². The van der Waals surface area contributed by atoms with Crippen LogP contribution < -0.4 is 5.32 Å². The fraction of sp³-hybridized carbons (Fsp3) is 1.00. The van der Waals surface area contributed by atoms with Gasteiger partial charge in [-0.1, -0.05) is 0 Å². The molecule has 0 unspecified atom stereocenters. The second kappa shape index (κ2) is 4.81. The summed E-state index contributed by atoms with van der Waals surface area (Å²) in [6.45, 7) is 13.4. The van der Waals surface area contributed by atoms with Crippen molar-refractivity contribution in [1.29, 1.82) is 0 Å². The van der Waals surface area contributed by atoms with Crippen LogP contribution in [0.25, 0.3) is 0 Å². The van der Waals surface area contributed by atoms with Gasteiger partial charge in [0.15, 0.2) is 0 Å². The summed E-state index contributed by atoms with van der Waals surface area (Å²) in [5.41, 5.74) is 0.491. The van der Waals surface area contributed by atoms with E-state index < -0.39 is 0 Å². The summed E-state index contributed by atoms with van der Waals surface area (Å²) in [5.74, 6) is 0. The van der Waals surface area contributed by atoms with Crippen LogP contribution >= 0.6 is 0 Å². The first kappa shape index (κ1) is 12.9. The van der Waals surface area contributed by atoms with Crippen molar-refractivity contribution in [2.24, 2.45) is 0 Å². The predicted molar refractivity (Wildman–Crippen MR) is 64.2 cm³/mol. The zero-order valence-corrected chi connectivity index (χ0v) is 10.9. The Morgan fingerprint density at radius 3 is 2.13 bits per heavy atom. The minimum atomic E-state index is 0.246. The summed E-state index contributed by atoms with van der Waals surface area (Å²) in [6.07, 6.45) is 1.11. The number of piperazine rings is 1. The van der Waals surface area contributed by atoms with Crippen molar-refractivity contribution in [3.8, 4) is 0 Å². The summed E-state index contributed by atoms with van der Waals surface area (Å²) in [6, 6.07) is 0. The second-order valence-electron chi connectivity index (χ2n) is 5.73. The molecular formula is C12H26N2O. The quantitative estimate of drug-likeness (QED) is 0.718. The highest BCUT2D eigenvalue weighted by Gasteiger charge is 2.40. The molecule has 0 aromatic heterocycles. The van der Waals surface area contributed by atoms with Crippen molar-refractivity contribution in [1.82, 2.24) is 10.2 Å². The number of methoxy groups -OCH3 is 1. The van der Waals surface area contributed by atoms with Crippen LogP contribution in [0.5, 0.6) is 0 Å². The average molecular weight is 214 g/mol. The van der Waals surface area contributed by atoms with Gasteiger partial charge in [-0.25, -0.2) is 0 Å². The van der Waals surface area contributed by atoms with Crippen molar-refractivity contribution in [3.63, 3.8) is 0 Å². The van der Waals surface area contributed by atoms with E-state index in [1.165, 1.54) is 0 Å². The van der Waals surface area contributed by atoms with Crippen LogP contribution in [0.4, 0.5) is 0 Å². The van der Waals surface area contributed by atoms with Crippen molar-refractivity contribution in [3.05, 3.63) is 0 Å². The van der Waals surface area contributed by atoms with Crippen molar-refractivity contribution >= 4 is 0 Å². The number of hydrogen-bond donors (Lipinski definition) is 1. The summed E-state index contributed by atoms with van der Waals surface area (Å²) < 4.78 is 5.13. The van der Waals surface area contributed by atoms with Gasteiger partial charge >= 0.3 is 0 Å². The van der Waals surface area contributed by atoms with Gasteiger partial charge in [0.05, 0.1) is 0 Å². The largest absolute Gasteiger partial charge is 0.385 e. The lowest BCUT2D eigenvalue weighted by Gasteiger charge is -2.53. The average Bonchev–Trinajstić information content (AvgIpc) is 2.09. The Bertz CT molecular complexity index is 186. The van der Waals surface area contributed by atoms with Gasteiger partial charge in [-0.15, -0.1) is 0 Å². The first-order chi connectivity index (χ1) is 6.90. The predicted octanol–water partition coefficient (Wildman–Crippen LogP) is 1.49. The fourth-order valence-corrected chi connectivity index (χ4v) is 2.66. The van der Waals surface area contributed by atoms with E-state index in [-0.39, 0.29) is 11.1 Å². The SMILES string of the molecule is COCCCN1C(C)(C)CNCC1(C)C. The molecule has 1 saturated heterocycles. The molecule has 3 heteroatoms. The molecule has 0 aliphatic carbocycles. The number of nitrogens with zero attached hydrogens (tertiary/aromatic N) is 1. The molecule has 1 aliphatic heterocycles. The van der Waals surface area contributed by atoms with Crippen LogP contribution in [0.15, 0.2) is 0 Å². The van der Waals surface area contributed by atoms with Crippen molar-refractivity contribution < 1.29 is 4.74 Å². The van der Waals surface area contributed by atoms with E-state index in [4.69, 9.17) is 4.74 Å². The van der Waals surface area contributed by atoms with Gasteiger partial charge in [0.1, 0.15) is 0 Å². The molecule has 3 nitrogen and oxygen atoms in total. The van der Waals surface area contributed by atoms with Gasteiger partial charge in [0.2, 0.25) is 0 Å². The van der Waals surface area contributed by atoms with E-state index >= 15 is 0 Å². The van der Waals surface area contributed by atoms with Gasteiger partial charge in [-0.3, -0.25) is 4.90 Å². The lowest BCUT2D eigenvalue weighted by molar-refractivity contribution is -0.0177. The first-order valence-electron chi connectivity index (χ1n) is 5.87. The Kier molecular flexibility index (Phi) is 4.15. The molecular weight excluding hydrogens is 188 g/mol. The van der Waals surface area contributed by atoms with E-state index in [0.29, 0.717) is 0 Å². The third-order valence-corrected chi connectivity index (χ3v) is 3.31. The molecule has 0 saturated carbocycles. The number of hydrogen-bond acceptors (Lipinski definition) is 3. The maximum absolute atomic E-state index is 5.13. The third-order valence-electron chi connectivity index (χ3n) is 3.31. The molecule has 0 radical (unpaired) electrons. The normalized spacial score (nSPS) is 25.4. The topological polar surface area (TPSA) is 24.5 Å². The highest BCUT2D eigenvalue weighted by Crippen LogP contribution is 2.28. The molecule has 15 heavy (non-hydrogen) atoms. The molecule has 1 N–H and O–H groups in total. The summed E-state index contributed by atoms with van der Waals surface area (Å²) in [5, 5.41) is 3.51. The first-order valence-corrected chi connectivity index (χ1v) is 5.87. The zero-order valence-electron chi connectivity index (χ0n) is 10.9. The zero-order chi connectivity index (χ0) is 11.5. The smallest absolute Gasteiger partial charge is 0.0474 e. The maximum Gasteiger partial charge on any atom is 0.0474 e. The Morgan fingerprint density at radius 1 is 1.13 bits per heavy atom. The van der Waals surface area contributed by atoms with Crippen LogP contribution in [0, 0.1) is 0 Å². The van der Waals surface area contributed by atoms with Crippen LogP contribution in [0.2, 0.25) is 0 Å². The monoisotopic (exact) mass is 214 g/mol. The van der Waals surface area contributed by atoms with Crippen LogP contribution in [0.1, 0.15) is 34.1 Å². The van der Waals surface area contributed by atoms with E-state index in [9.17, 15) is 0 Å². The lowest BCUT2D eigenvalue weighted by atomic mass is 9.89. The molecule has 90 valence electrons. The molecule has 0 bridgehead atoms. The third kappa shape index (κ3) is 3.16. The Hall–Kier alpha value is -0.120. The molecule has 0 aromatic carbocycles. The lowest BCUT2D eigenvalue weighted by Crippen LogP contribution is -2.67. The number of rotatable bonds is 4. The van der Waals surface area contributed by atoms with Gasteiger partial charge in [-0.2, -0.15) is 0 Å². The number of nitrogens with one attached hydrogen (secondary N) is 1. The summed E-state index contributed by atoms with van der Waals surface area (Å²) in [4.78, 5) is 2.61. The Balaban J connectivity index is 2.60. The highest BCUT2D eigenvalue weighted by atomic mass is 16.5. The molecule has 0 atom stereocenters. The number of ether oxygens (including phenoxy) is 1. The molecule has 1 aliphatic rings. The molecule has 1 rings (SSSR count). The van der Waals surface area contributed by atoms with E-state index in [0.717, 1.165) is 32.7 Å². The molecule has 1 heterocycles. The van der Waals surface area contributed by atoms with Crippen molar-refractivity contribution in [2.75, 3.05) is 33.4 Å². The maximum atomic E-state index is 5.13.